The minimum Gasteiger partial charge on any atom is -0.194 e. The maximum Gasteiger partial charge on any atom is 0.208 e. The molecule has 0 amide bonds. The van der Waals surface area contributed by atoms with Crippen LogP contribution in [0, 0.1) is 11.3 Å². The lowest BCUT2D eigenvalue weighted by atomic mass is 9.98. The lowest BCUT2D eigenvalue weighted by Gasteiger charge is -2.13. The van der Waals surface area contributed by atoms with Gasteiger partial charge in [0.15, 0.2) is 12.4 Å². The van der Waals surface area contributed by atoms with Crippen LogP contribution in [0.15, 0.2) is 85.2 Å². The third-order valence-electron chi connectivity index (χ3n) is 3.51. The Labute approximate surface area is 124 Å². The number of pyridine rings is 1. The van der Waals surface area contributed by atoms with Gasteiger partial charge in [-0.15, -0.1) is 0 Å². The van der Waals surface area contributed by atoms with E-state index < -0.39 is 0 Å². The van der Waals surface area contributed by atoms with Crippen molar-refractivity contribution >= 4 is 0 Å². The van der Waals surface area contributed by atoms with E-state index in [1.54, 1.807) is 0 Å². The second-order valence-corrected chi connectivity index (χ2v) is 4.87. The average Bonchev–Trinajstić information content (AvgIpc) is 2.58. The zero-order valence-electron chi connectivity index (χ0n) is 11.6. The Morgan fingerprint density at radius 2 is 1.19 bits per heavy atom. The summed E-state index contributed by atoms with van der Waals surface area (Å²) in [6, 6.07) is 26.7. The van der Waals surface area contributed by atoms with Crippen molar-refractivity contribution < 1.29 is 4.57 Å². The van der Waals surface area contributed by atoms with Crippen LogP contribution in [-0.2, 0) is 0 Å². The number of rotatable bonds is 3. The fraction of sp³-hybridized carbons (Fsp3) is 0.0526. The maximum atomic E-state index is 8.94. The number of nitriles is 1. The molecule has 3 aromatic rings. The molecule has 0 aliphatic heterocycles. The highest BCUT2D eigenvalue weighted by atomic mass is 15.0. The van der Waals surface area contributed by atoms with Crippen LogP contribution in [0.3, 0.4) is 0 Å². The van der Waals surface area contributed by atoms with Gasteiger partial charge >= 0.3 is 0 Å². The van der Waals surface area contributed by atoms with Gasteiger partial charge in [0.05, 0.1) is 11.6 Å². The summed E-state index contributed by atoms with van der Waals surface area (Å²) in [5, 5.41) is 8.94. The Balaban J connectivity index is 2.10. The maximum absolute atomic E-state index is 8.94. The summed E-state index contributed by atoms with van der Waals surface area (Å²) in [4.78, 5) is 0. The molecule has 0 atom stereocenters. The summed E-state index contributed by atoms with van der Waals surface area (Å²) in [5.74, 6) is 0. The molecule has 0 unspecified atom stereocenters. The van der Waals surface area contributed by atoms with Crippen molar-refractivity contribution in [2.75, 3.05) is 0 Å². The van der Waals surface area contributed by atoms with Gasteiger partial charge < -0.3 is 0 Å². The van der Waals surface area contributed by atoms with Crippen molar-refractivity contribution in [1.82, 2.24) is 0 Å². The standard InChI is InChI=1S/C19H15N2/c20-15-16-11-13-21(14-12-16)19(17-7-3-1-4-8-17)18-9-5-2-6-10-18/h1-14,19H/q+1. The summed E-state index contributed by atoms with van der Waals surface area (Å²) in [7, 11) is 0. The molecule has 2 aromatic carbocycles. The molecular weight excluding hydrogens is 256 g/mol. The highest BCUT2D eigenvalue weighted by Crippen LogP contribution is 2.21. The normalized spacial score (nSPS) is 10.3. The van der Waals surface area contributed by atoms with E-state index in [-0.39, 0.29) is 6.04 Å². The molecule has 0 aliphatic rings. The van der Waals surface area contributed by atoms with Gasteiger partial charge in [0.2, 0.25) is 6.04 Å². The van der Waals surface area contributed by atoms with Gasteiger partial charge in [-0.25, -0.2) is 0 Å². The fourth-order valence-corrected chi connectivity index (χ4v) is 2.49. The predicted octanol–water partition coefficient (Wildman–Crippen LogP) is 3.48. The molecule has 0 bridgehead atoms. The predicted molar refractivity (Wildman–Crippen MR) is 81.5 cm³/mol. The van der Waals surface area contributed by atoms with Crippen molar-refractivity contribution in [3.8, 4) is 6.07 Å². The number of benzene rings is 2. The van der Waals surface area contributed by atoms with Crippen LogP contribution in [0.5, 0.6) is 0 Å². The monoisotopic (exact) mass is 271 g/mol. The SMILES string of the molecule is N#Cc1cc[n+](C(c2ccccc2)c2ccccc2)cc1. The fourth-order valence-electron chi connectivity index (χ4n) is 2.49. The Morgan fingerprint density at radius 3 is 1.62 bits per heavy atom. The molecule has 2 heteroatoms. The highest BCUT2D eigenvalue weighted by Gasteiger charge is 2.22. The van der Waals surface area contributed by atoms with E-state index in [0.29, 0.717) is 5.56 Å². The third kappa shape index (κ3) is 2.82. The summed E-state index contributed by atoms with van der Waals surface area (Å²) >= 11 is 0. The van der Waals surface area contributed by atoms with Crippen LogP contribution < -0.4 is 4.57 Å². The largest absolute Gasteiger partial charge is 0.208 e. The first-order valence-corrected chi connectivity index (χ1v) is 6.89. The zero-order valence-corrected chi connectivity index (χ0v) is 11.6. The molecule has 0 saturated heterocycles. The van der Waals surface area contributed by atoms with Crippen molar-refractivity contribution in [2.45, 2.75) is 6.04 Å². The van der Waals surface area contributed by atoms with E-state index in [1.807, 2.05) is 36.7 Å². The third-order valence-corrected chi connectivity index (χ3v) is 3.51. The molecule has 1 aromatic heterocycles. The molecule has 0 radical (unpaired) electrons. The summed E-state index contributed by atoms with van der Waals surface area (Å²) in [5.41, 5.74) is 3.11. The molecule has 1 heterocycles. The van der Waals surface area contributed by atoms with Crippen molar-refractivity contribution in [3.05, 3.63) is 102 Å². The summed E-state index contributed by atoms with van der Waals surface area (Å²) in [6.45, 7) is 0. The van der Waals surface area contributed by atoms with Crippen LogP contribution in [0.4, 0.5) is 0 Å². The smallest absolute Gasteiger partial charge is 0.194 e. The van der Waals surface area contributed by atoms with Gasteiger partial charge in [0, 0.05) is 23.3 Å². The number of hydrogen-bond donors (Lipinski definition) is 0. The van der Waals surface area contributed by atoms with E-state index in [2.05, 4.69) is 59.2 Å². The topological polar surface area (TPSA) is 27.7 Å². The van der Waals surface area contributed by atoms with E-state index in [1.165, 1.54) is 11.1 Å². The zero-order chi connectivity index (χ0) is 14.5. The van der Waals surface area contributed by atoms with Crippen LogP contribution in [0.2, 0.25) is 0 Å². The van der Waals surface area contributed by atoms with Gasteiger partial charge in [-0.2, -0.15) is 9.83 Å². The summed E-state index contributed by atoms with van der Waals surface area (Å²) < 4.78 is 2.13. The molecule has 0 saturated carbocycles. The minimum absolute atomic E-state index is 0.111. The number of hydrogen-bond acceptors (Lipinski definition) is 1. The van der Waals surface area contributed by atoms with Crippen LogP contribution in [0.1, 0.15) is 22.7 Å². The van der Waals surface area contributed by atoms with E-state index in [4.69, 9.17) is 5.26 Å². The highest BCUT2D eigenvalue weighted by molar-refractivity contribution is 5.30. The number of nitrogens with zero attached hydrogens (tertiary/aromatic N) is 2. The van der Waals surface area contributed by atoms with Crippen molar-refractivity contribution in [3.63, 3.8) is 0 Å². The quantitative estimate of drug-likeness (QED) is 0.670. The minimum atomic E-state index is 0.111. The van der Waals surface area contributed by atoms with Crippen LogP contribution >= 0.6 is 0 Å². The average molecular weight is 271 g/mol. The lowest BCUT2D eigenvalue weighted by molar-refractivity contribution is -0.704. The van der Waals surface area contributed by atoms with Gasteiger partial charge in [-0.05, 0) is 0 Å². The first kappa shape index (κ1) is 13.1. The molecule has 0 fully saturated rings. The number of aromatic nitrogens is 1. The van der Waals surface area contributed by atoms with Gasteiger partial charge in [0.25, 0.3) is 0 Å². The molecule has 0 aliphatic carbocycles. The Morgan fingerprint density at radius 1 is 0.714 bits per heavy atom. The molecule has 100 valence electrons. The Hall–Kier alpha value is -2.92. The Kier molecular flexibility index (Phi) is 3.75. The first-order valence-electron chi connectivity index (χ1n) is 6.89. The van der Waals surface area contributed by atoms with E-state index >= 15 is 0 Å². The molecule has 3 rings (SSSR count). The van der Waals surface area contributed by atoms with Gasteiger partial charge in [-0.1, -0.05) is 60.7 Å². The lowest BCUT2D eigenvalue weighted by Crippen LogP contribution is -2.40. The van der Waals surface area contributed by atoms with Gasteiger partial charge in [0.1, 0.15) is 0 Å². The Bertz CT molecular complexity index is 702. The van der Waals surface area contributed by atoms with Gasteiger partial charge in [-0.3, -0.25) is 0 Å². The van der Waals surface area contributed by atoms with Crippen molar-refractivity contribution in [2.24, 2.45) is 0 Å². The van der Waals surface area contributed by atoms with Crippen LogP contribution in [-0.4, -0.2) is 0 Å². The summed E-state index contributed by atoms with van der Waals surface area (Å²) in [6.07, 6.45) is 3.92. The van der Waals surface area contributed by atoms with Crippen molar-refractivity contribution in [1.29, 1.82) is 5.26 Å². The second kappa shape index (κ2) is 6.02. The molecule has 0 spiro atoms. The first-order chi connectivity index (χ1) is 10.4. The van der Waals surface area contributed by atoms with E-state index in [9.17, 15) is 0 Å². The molecule has 2 nitrogen and oxygen atoms in total. The van der Waals surface area contributed by atoms with E-state index in [0.717, 1.165) is 0 Å². The second-order valence-electron chi connectivity index (χ2n) is 4.87. The van der Waals surface area contributed by atoms with Crippen LogP contribution in [0.25, 0.3) is 0 Å². The molecular formula is C19H15N2+. The molecule has 21 heavy (non-hydrogen) atoms. The molecule has 0 N–H and O–H groups in total.